The van der Waals surface area contributed by atoms with Crippen LogP contribution in [0.3, 0.4) is 0 Å². The molecule has 0 saturated heterocycles. The van der Waals surface area contributed by atoms with Gasteiger partial charge in [0.15, 0.2) is 0 Å². The molecule has 0 fully saturated rings. The maximum Gasteiger partial charge on any atom is 0.337 e. The highest BCUT2D eigenvalue weighted by molar-refractivity contribution is 8.01. The van der Waals surface area contributed by atoms with Crippen molar-refractivity contribution >= 4 is 29.3 Å². The van der Waals surface area contributed by atoms with Crippen LogP contribution in [0.2, 0.25) is 0 Å². The Morgan fingerprint density at radius 3 is 2.57 bits per heavy atom. The number of rotatable bonds is 3. The van der Waals surface area contributed by atoms with Crippen LogP contribution < -0.4 is 5.32 Å². The van der Waals surface area contributed by atoms with E-state index in [1.165, 1.54) is 17.8 Å². The Labute approximate surface area is 126 Å². The van der Waals surface area contributed by atoms with Crippen molar-refractivity contribution in [3.8, 4) is 0 Å². The smallest absolute Gasteiger partial charge is 0.337 e. The number of thioether (sulfide) groups is 1. The third-order valence-electron chi connectivity index (χ3n) is 3.35. The molecular formula is C16H13NO3S. The van der Waals surface area contributed by atoms with Crippen LogP contribution in [0.15, 0.2) is 53.4 Å². The molecule has 0 radical (unpaired) electrons. The van der Waals surface area contributed by atoms with Crippen LogP contribution in [-0.4, -0.2) is 22.2 Å². The normalized spacial score (nSPS) is 16.3. The van der Waals surface area contributed by atoms with Crippen molar-refractivity contribution in [1.82, 2.24) is 0 Å². The molecule has 0 aliphatic carbocycles. The molecule has 2 N–H and O–H groups in total. The third kappa shape index (κ3) is 2.78. The number of carbonyl (C=O) groups is 2. The first kappa shape index (κ1) is 13.7. The lowest BCUT2D eigenvalue weighted by Crippen LogP contribution is -2.25. The van der Waals surface area contributed by atoms with Gasteiger partial charge in [-0.25, -0.2) is 4.79 Å². The molecule has 21 heavy (non-hydrogen) atoms. The Balaban J connectivity index is 1.76. The van der Waals surface area contributed by atoms with E-state index >= 15 is 0 Å². The number of para-hydroxylation sites is 1. The van der Waals surface area contributed by atoms with Crippen molar-refractivity contribution in [2.24, 2.45) is 0 Å². The van der Waals surface area contributed by atoms with Crippen molar-refractivity contribution in [2.45, 2.75) is 16.6 Å². The number of carboxylic acids is 1. The zero-order valence-corrected chi connectivity index (χ0v) is 11.9. The number of anilines is 1. The van der Waals surface area contributed by atoms with E-state index in [0.717, 1.165) is 10.5 Å². The molecule has 1 aliphatic heterocycles. The van der Waals surface area contributed by atoms with Gasteiger partial charge in [-0.3, -0.25) is 4.79 Å². The Hall–Kier alpha value is -2.27. The van der Waals surface area contributed by atoms with Gasteiger partial charge in [-0.15, -0.1) is 11.8 Å². The van der Waals surface area contributed by atoms with Crippen LogP contribution in [0.5, 0.6) is 0 Å². The van der Waals surface area contributed by atoms with Crippen molar-refractivity contribution in [2.75, 3.05) is 5.32 Å². The zero-order chi connectivity index (χ0) is 14.8. The molecule has 106 valence electrons. The number of nitrogens with one attached hydrogen (secondary N) is 1. The number of fused-ring (bicyclic) bond motifs is 1. The molecule has 1 amide bonds. The molecule has 3 rings (SSSR count). The van der Waals surface area contributed by atoms with E-state index in [4.69, 9.17) is 5.11 Å². The van der Waals surface area contributed by atoms with E-state index < -0.39 is 5.97 Å². The lowest BCUT2D eigenvalue weighted by molar-refractivity contribution is -0.115. The summed E-state index contributed by atoms with van der Waals surface area (Å²) in [6.45, 7) is 0. The molecule has 4 nitrogen and oxygen atoms in total. The molecule has 1 heterocycles. The molecule has 0 saturated carbocycles. The molecular weight excluding hydrogens is 286 g/mol. The highest BCUT2D eigenvalue weighted by atomic mass is 32.2. The molecule has 2 aromatic rings. The fourth-order valence-electron chi connectivity index (χ4n) is 2.32. The molecule has 1 aliphatic rings. The summed E-state index contributed by atoms with van der Waals surface area (Å²) < 4.78 is 0. The largest absolute Gasteiger partial charge is 0.478 e. The van der Waals surface area contributed by atoms with Gasteiger partial charge in [0.25, 0.3) is 0 Å². The number of benzene rings is 2. The minimum absolute atomic E-state index is 0.103. The van der Waals surface area contributed by atoms with E-state index in [9.17, 15) is 9.59 Å². The van der Waals surface area contributed by atoms with E-state index in [1.807, 2.05) is 24.3 Å². The molecule has 5 heteroatoms. The van der Waals surface area contributed by atoms with Crippen LogP contribution >= 0.6 is 11.8 Å². The Kier molecular flexibility index (Phi) is 3.66. The van der Waals surface area contributed by atoms with Gasteiger partial charge in [-0.05, 0) is 30.2 Å². The fraction of sp³-hybridized carbons (Fsp3) is 0.125. The second kappa shape index (κ2) is 5.61. The van der Waals surface area contributed by atoms with Crippen LogP contribution in [0.25, 0.3) is 0 Å². The lowest BCUT2D eigenvalue weighted by atomic mass is 10.1. The van der Waals surface area contributed by atoms with E-state index in [1.54, 1.807) is 18.2 Å². The van der Waals surface area contributed by atoms with E-state index in [2.05, 4.69) is 5.32 Å². The fourth-order valence-corrected chi connectivity index (χ4v) is 3.52. The second-order valence-electron chi connectivity index (χ2n) is 4.76. The molecule has 0 spiro atoms. The van der Waals surface area contributed by atoms with Crippen LogP contribution in [-0.2, 0) is 11.2 Å². The van der Waals surface area contributed by atoms with Gasteiger partial charge in [-0.2, -0.15) is 0 Å². The molecule has 1 atom stereocenters. The predicted octanol–water partition coefficient (Wildman–Crippen LogP) is 3.04. The number of amides is 1. The molecule has 0 aromatic heterocycles. The summed E-state index contributed by atoms with van der Waals surface area (Å²) in [4.78, 5) is 24.6. The Bertz CT molecular complexity index is 689. The average molecular weight is 299 g/mol. The highest BCUT2D eigenvalue weighted by Crippen LogP contribution is 2.37. The summed E-state index contributed by atoms with van der Waals surface area (Å²) in [5.74, 6) is -1.21. The zero-order valence-electron chi connectivity index (χ0n) is 11.1. The highest BCUT2D eigenvalue weighted by Gasteiger charge is 2.28. The maximum absolute atomic E-state index is 12.3. The summed E-state index contributed by atoms with van der Waals surface area (Å²) in [5, 5.41) is 11.6. The molecule has 0 bridgehead atoms. The predicted molar refractivity (Wildman–Crippen MR) is 81.8 cm³/mol. The van der Waals surface area contributed by atoms with Crippen molar-refractivity contribution < 1.29 is 14.7 Å². The topological polar surface area (TPSA) is 66.4 Å². The van der Waals surface area contributed by atoms with E-state index in [0.29, 0.717) is 12.1 Å². The van der Waals surface area contributed by atoms with Crippen LogP contribution in [0, 0.1) is 0 Å². The maximum atomic E-state index is 12.3. The van der Waals surface area contributed by atoms with Gasteiger partial charge < -0.3 is 10.4 Å². The van der Waals surface area contributed by atoms with Gasteiger partial charge in [0.05, 0.1) is 16.5 Å². The van der Waals surface area contributed by atoms with Crippen molar-refractivity contribution in [3.63, 3.8) is 0 Å². The quantitative estimate of drug-likeness (QED) is 0.914. The summed E-state index contributed by atoms with van der Waals surface area (Å²) in [7, 11) is 0. The number of aromatic carboxylic acids is 1. The van der Waals surface area contributed by atoms with Gasteiger partial charge in [0.2, 0.25) is 5.91 Å². The van der Waals surface area contributed by atoms with E-state index in [-0.39, 0.29) is 16.7 Å². The van der Waals surface area contributed by atoms with Gasteiger partial charge in [0.1, 0.15) is 0 Å². The first-order valence-corrected chi connectivity index (χ1v) is 7.41. The van der Waals surface area contributed by atoms with Crippen LogP contribution in [0.4, 0.5) is 5.69 Å². The van der Waals surface area contributed by atoms with Gasteiger partial charge >= 0.3 is 5.97 Å². The second-order valence-corrected chi connectivity index (χ2v) is 6.00. The Morgan fingerprint density at radius 1 is 1.10 bits per heavy atom. The number of hydrogen-bond donors (Lipinski definition) is 2. The number of hydrogen-bond acceptors (Lipinski definition) is 3. The minimum atomic E-state index is -1.05. The minimum Gasteiger partial charge on any atom is -0.478 e. The molecule has 0 unspecified atom stereocenters. The third-order valence-corrected chi connectivity index (χ3v) is 4.67. The number of carbonyl (C=O) groups excluding carboxylic acids is 1. The summed E-state index contributed by atoms with van der Waals surface area (Å²) in [5.41, 5.74) is 1.60. The first-order valence-electron chi connectivity index (χ1n) is 6.53. The monoisotopic (exact) mass is 299 g/mol. The van der Waals surface area contributed by atoms with Gasteiger partial charge in [0, 0.05) is 4.90 Å². The summed E-state index contributed by atoms with van der Waals surface area (Å²) in [6, 6.07) is 14.4. The standard InChI is InChI=1S/C16H13NO3S/c18-15(14-9-10-5-1-4-8-13(10)21-14)17-12-7-3-2-6-11(12)16(19)20/h1-8,14H,9H2,(H,17,18)(H,19,20)/t14-/m1/s1. The molecule has 2 aromatic carbocycles. The van der Waals surface area contributed by atoms with Crippen LogP contribution in [0.1, 0.15) is 15.9 Å². The van der Waals surface area contributed by atoms with Gasteiger partial charge in [-0.1, -0.05) is 30.3 Å². The SMILES string of the molecule is O=C(O)c1ccccc1NC(=O)[C@H]1Cc2ccccc2S1. The average Bonchev–Trinajstić information content (AvgIpc) is 2.91. The number of carboxylic acid groups (broad SMARTS) is 1. The van der Waals surface area contributed by atoms with Crippen molar-refractivity contribution in [3.05, 3.63) is 59.7 Å². The van der Waals surface area contributed by atoms with Crippen molar-refractivity contribution in [1.29, 1.82) is 0 Å². The first-order chi connectivity index (χ1) is 10.1. The Morgan fingerprint density at radius 2 is 1.81 bits per heavy atom. The lowest BCUT2D eigenvalue weighted by Gasteiger charge is -2.11. The summed E-state index contributed by atoms with van der Waals surface area (Å²) in [6.07, 6.45) is 0.669. The summed E-state index contributed by atoms with van der Waals surface area (Å²) >= 11 is 1.52.